The third-order valence-corrected chi connectivity index (χ3v) is 4.25. The normalized spacial score (nSPS) is 12.2. The second-order valence-electron chi connectivity index (χ2n) is 6.51. The van der Waals surface area contributed by atoms with Crippen LogP contribution in [0.25, 0.3) is 28.1 Å². The molecule has 0 unspecified atom stereocenters. The Balaban J connectivity index is 1.85. The first-order valence-corrected chi connectivity index (χ1v) is 8.78. The zero-order valence-corrected chi connectivity index (χ0v) is 15.4. The van der Waals surface area contributed by atoms with Crippen LogP contribution in [0.1, 0.15) is 17.4 Å². The molecule has 0 radical (unpaired) electrons. The van der Waals surface area contributed by atoms with Crippen LogP contribution in [0.4, 0.5) is 0 Å². The molecule has 4 aromatic rings. The van der Waals surface area contributed by atoms with Crippen molar-refractivity contribution < 1.29 is 9.90 Å². The van der Waals surface area contributed by atoms with Crippen LogP contribution in [0.2, 0.25) is 0 Å². The van der Waals surface area contributed by atoms with Crippen molar-refractivity contribution in [2.45, 2.75) is 13.0 Å². The summed E-state index contributed by atoms with van der Waals surface area (Å²) in [5, 5.41) is 21.5. The minimum atomic E-state index is -0.396. The van der Waals surface area contributed by atoms with Crippen LogP contribution in [0.3, 0.4) is 0 Å². The number of hydrogen-bond acceptors (Lipinski definition) is 6. The first kappa shape index (κ1) is 17.8. The van der Waals surface area contributed by atoms with Gasteiger partial charge in [0, 0.05) is 30.7 Å². The maximum atomic E-state index is 12.6. The van der Waals surface area contributed by atoms with Crippen molar-refractivity contribution in [1.29, 1.82) is 0 Å². The molecule has 1 amide bonds. The third kappa shape index (κ3) is 3.35. The number of hydrogen-bond donors (Lipinski definition) is 2. The van der Waals surface area contributed by atoms with Crippen molar-refractivity contribution in [2.75, 3.05) is 6.61 Å². The van der Waals surface area contributed by atoms with Crippen molar-refractivity contribution in [1.82, 2.24) is 34.8 Å². The largest absolute Gasteiger partial charge is 0.394 e. The molecule has 3 heterocycles. The Morgan fingerprint density at radius 2 is 2.04 bits per heavy atom. The molecule has 4 rings (SSSR count). The van der Waals surface area contributed by atoms with Gasteiger partial charge in [-0.15, -0.1) is 0 Å². The molecule has 9 nitrogen and oxygen atoms in total. The van der Waals surface area contributed by atoms with Crippen LogP contribution in [-0.2, 0) is 7.05 Å². The average Bonchev–Trinajstić information content (AvgIpc) is 3.33. The molecule has 0 spiro atoms. The number of benzene rings is 1. The Labute approximate surface area is 160 Å². The second-order valence-corrected chi connectivity index (χ2v) is 6.51. The highest BCUT2D eigenvalue weighted by Gasteiger charge is 2.17. The van der Waals surface area contributed by atoms with Crippen molar-refractivity contribution in [3.8, 4) is 17.2 Å². The van der Waals surface area contributed by atoms with Crippen molar-refractivity contribution in [3.63, 3.8) is 0 Å². The van der Waals surface area contributed by atoms with E-state index in [0.29, 0.717) is 17.2 Å². The summed E-state index contributed by atoms with van der Waals surface area (Å²) in [6.07, 6.45) is 5.16. The average molecular weight is 377 g/mol. The predicted molar refractivity (Wildman–Crippen MR) is 103 cm³/mol. The van der Waals surface area contributed by atoms with Gasteiger partial charge in [0.2, 0.25) is 0 Å². The Kier molecular flexibility index (Phi) is 4.58. The monoisotopic (exact) mass is 377 g/mol. The van der Waals surface area contributed by atoms with E-state index in [1.807, 2.05) is 24.3 Å². The summed E-state index contributed by atoms with van der Waals surface area (Å²) < 4.78 is 3.31. The summed E-state index contributed by atoms with van der Waals surface area (Å²) >= 11 is 0. The lowest BCUT2D eigenvalue weighted by Crippen LogP contribution is -2.35. The van der Waals surface area contributed by atoms with E-state index in [9.17, 15) is 9.90 Å². The lowest BCUT2D eigenvalue weighted by Gasteiger charge is -2.12. The number of fused-ring (bicyclic) bond motifs is 1. The minimum absolute atomic E-state index is 0.164. The summed E-state index contributed by atoms with van der Waals surface area (Å²) in [6, 6.07) is 8.93. The molecule has 3 aromatic heterocycles. The number of rotatable bonds is 5. The molecule has 0 fully saturated rings. The van der Waals surface area contributed by atoms with Gasteiger partial charge in [-0.2, -0.15) is 10.2 Å². The molecular weight excluding hydrogens is 358 g/mol. The number of nitrogens with one attached hydrogen (secondary N) is 1. The summed E-state index contributed by atoms with van der Waals surface area (Å²) in [5.74, 6) is 0.440. The Hall–Kier alpha value is -3.59. The van der Waals surface area contributed by atoms with Gasteiger partial charge in [-0.05, 0) is 13.0 Å². The van der Waals surface area contributed by atoms with E-state index in [0.717, 1.165) is 10.9 Å². The number of amides is 1. The number of aliphatic hydroxyl groups is 1. The number of para-hydroxylation sites is 1. The van der Waals surface area contributed by atoms with Gasteiger partial charge in [0.15, 0.2) is 11.6 Å². The van der Waals surface area contributed by atoms with Gasteiger partial charge in [0.1, 0.15) is 5.69 Å². The van der Waals surface area contributed by atoms with Crippen LogP contribution in [0.15, 0.2) is 48.9 Å². The van der Waals surface area contributed by atoms with E-state index in [4.69, 9.17) is 0 Å². The number of carbonyl (C=O) groups is 1. The molecule has 142 valence electrons. The van der Waals surface area contributed by atoms with Gasteiger partial charge < -0.3 is 10.4 Å². The van der Waals surface area contributed by atoms with Crippen molar-refractivity contribution in [2.24, 2.45) is 7.05 Å². The molecule has 0 aliphatic heterocycles. The maximum Gasteiger partial charge on any atom is 0.270 e. The number of aliphatic hydroxyl groups excluding tert-OH is 1. The van der Waals surface area contributed by atoms with Crippen LogP contribution in [-0.4, -0.2) is 53.2 Å². The Morgan fingerprint density at radius 3 is 2.79 bits per heavy atom. The molecule has 28 heavy (non-hydrogen) atoms. The fourth-order valence-electron chi connectivity index (χ4n) is 2.82. The molecule has 1 atom stereocenters. The lowest BCUT2D eigenvalue weighted by atomic mass is 10.2. The molecule has 0 saturated carbocycles. The quantitative estimate of drug-likeness (QED) is 0.543. The molecule has 2 N–H and O–H groups in total. The van der Waals surface area contributed by atoms with Gasteiger partial charge in [0.05, 0.1) is 30.1 Å². The maximum absolute atomic E-state index is 12.6. The van der Waals surface area contributed by atoms with Gasteiger partial charge in [-0.25, -0.2) is 14.6 Å². The predicted octanol–water partition coefficient (Wildman–Crippen LogP) is 1.33. The highest BCUT2D eigenvalue weighted by molar-refractivity contribution is 5.93. The number of nitrogens with zero attached hydrogens (tertiary/aromatic N) is 6. The topological polar surface area (TPSA) is 111 Å². The van der Waals surface area contributed by atoms with Crippen LogP contribution >= 0.6 is 0 Å². The van der Waals surface area contributed by atoms with E-state index < -0.39 is 11.9 Å². The highest BCUT2D eigenvalue weighted by Crippen LogP contribution is 2.21. The molecular formula is C19H19N7O2. The van der Waals surface area contributed by atoms with Gasteiger partial charge in [0.25, 0.3) is 5.91 Å². The molecule has 0 saturated heterocycles. The standard InChI is InChI=1S/C19H19N7O2/c1-12(11-27)22-19(28)15-7-17(24-18(23-15)14-9-20-25(2)10-14)26-16-6-4-3-5-13(16)8-21-26/h3-10,12,27H,11H2,1-2H3,(H,22,28)/t12-/m0/s1. The van der Waals surface area contributed by atoms with Crippen molar-refractivity contribution in [3.05, 3.63) is 54.6 Å². The van der Waals surface area contributed by atoms with E-state index in [1.165, 1.54) is 0 Å². The fraction of sp³-hybridized carbons (Fsp3) is 0.211. The number of aromatic nitrogens is 6. The second kappa shape index (κ2) is 7.20. The summed E-state index contributed by atoms with van der Waals surface area (Å²) in [4.78, 5) is 21.6. The fourth-order valence-corrected chi connectivity index (χ4v) is 2.82. The van der Waals surface area contributed by atoms with Crippen LogP contribution in [0.5, 0.6) is 0 Å². The van der Waals surface area contributed by atoms with Gasteiger partial charge in [-0.1, -0.05) is 18.2 Å². The molecule has 0 aliphatic carbocycles. The van der Waals surface area contributed by atoms with E-state index in [1.54, 1.807) is 48.0 Å². The molecule has 0 aliphatic rings. The van der Waals surface area contributed by atoms with Crippen LogP contribution in [0, 0.1) is 0 Å². The van der Waals surface area contributed by atoms with Crippen LogP contribution < -0.4 is 5.32 Å². The zero-order valence-electron chi connectivity index (χ0n) is 15.4. The summed E-state index contributed by atoms with van der Waals surface area (Å²) in [7, 11) is 1.80. The van der Waals surface area contributed by atoms with Gasteiger partial charge >= 0.3 is 0 Å². The summed E-state index contributed by atoms with van der Waals surface area (Å²) in [5.41, 5.74) is 1.74. The van der Waals surface area contributed by atoms with E-state index >= 15 is 0 Å². The SMILES string of the molecule is C[C@@H](CO)NC(=O)c1cc(-n2ncc3ccccc32)nc(-c2cnn(C)c2)n1. The third-order valence-electron chi connectivity index (χ3n) is 4.25. The Morgan fingerprint density at radius 1 is 1.21 bits per heavy atom. The zero-order chi connectivity index (χ0) is 19.7. The number of carbonyl (C=O) groups excluding carboxylic acids is 1. The Bertz CT molecular complexity index is 1150. The molecule has 9 heteroatoms. The molecule has 1 aromatic carbocycles. The smallest absolute Gasteiger partial charge is 0.270 e. The summed E-state index contributed by atoms with van der Waals surface area (Å²) in [6.45, 7) is 1.55. The number of aryl methyl sites for hydroxylation is 1. The van der Waals surface area contributed by atoms with E-state index in [-0.39, 0.29) is 12.3 Å². The lowest BCUT2D eigenvalue weighted by molar-refractivity contribution is 0.0917. The van der Waals surface area contributed by atoms with Crippen molar-refractivity contribution >= 4 is 16.8 Å². The first-order valence-electron chi connectivity index (χ1n) is 8.78. The first-order chi connectivity index (χ1) is 13.5. The highest BCUT2D eigenvalue weighted by atomic mass is 16.3. The minimum Gasteiger partial charge on any atom is -0.394 e. The van der Waals surface area contributed by atoms with Gasteiger partial charge in [-0.3, -0.25) is 9.48 Å². The van der Waals surface area contributed by atoms with E-state index in [2.05, 4.69) is 25.5 Å². The molecule has 0 bridgehead atoms.